The molecule has 0 spiro atoms. The summed E-state index contributed by atoms with van der Waals surface area (Å²) < 4.78 is 18.3. The average Bonchev–Trinajstić information content (AvgIpc) is 3.22. The fourth-order valence-corrected chi connectivity index (χ4v) is 3.69. The molecule has 3 heterocycles. The van der Waals surface area contributed by atoms with E-state index < -0.39 is 37.8 Å². The normalized spacial score (nSPS) is 21.0. The van der Waals surface area contributed by atoms with Gasteiger partial charge in [-0.25, -0.2) is 4.98 Å². The van der Waals surface area contributed by atoms with Gasteiger partial charge < -0.3 is 34.8 Å². The highest BCUT2D eigenvalue weighted by Gasteiger charge is 2.39. The molecule has 0 bridgehead atoms. The van der Waals surface area contributed by atoms with Crippen molar-refractivity contribution in [2.75, 3.05) is 31.6 Å². The number of imidazole rings is 1. The van der Waals surface area contributed by atoms with Crippen molar-refractivity contribution in [1.29, 1.82) is 0 Å². The molecule has 1 aliphatic rings. The van der Waals surface area contributed by atoms with E-state index in [1.807, 2.05) is 0 Å². The molecule has 1 fully saturated rings. The Balaban J connectivity index is 1.91. The van der Waals surface area contributed by atoms with Gasteiger partial charge in [-0.2, -0.15) is 4.98 Å². The first kappa shape index (κ1) is 21.8. The summed E-state index contributed by atoms with van der Waals surface area (Å²) in [5.41, 5.74) is 5.36. The topological polar surface area (TPSA) is 197 Å². The molecule has 0 aliphatic carbocycles. The molecule has 29 heavy (non-hydrogen) atoms. The number of fused-ring (bicyclic) bond motifs is 1. The minimum absolute atomic E-state index is 0.0583. The SMILES string of the molecule is Nc1nc2c(ncn2[C@@H]2CN(C(=O)CCP)C[C@H]2OC[C@@H](O)P(=O)(O)O)c(=O)[nH]1. The van der Waals surface area contributed by atoms with E-state index in [0.717, 1.165) is 0 Å². The van der Waals surface area contributed by atoms with Gasteiger partial charge in [0.05, 0.1) is 25.1 Å². The molecule has 15 heteroatoms. The second-order valence-electron chi connectivity index (χ2n) is 6.62. The fraction of sp³-hybridized carbons (Fsp3) is 0.571. The maximum absolute atomic E-state index is 12.3. The number of nitrogen functional groups attached to an aromatic ring is 1. The van der Waals surface area contributed by atoms with Gasteiger partial charge in [0.25, 0.3) is 5.56 Å². The number of aliphatic hydroxyl groups excluding tert-OH is 1. The largest absolute Gasteiger partial charge is 0.378 e. The number of amides is 1. The molecular weight excluding hydrogens is 426 g/mol. The predicted molar refractivity (Wildman–Crippen MR) is 105 cm³/mol. The van der Waals surface area contributed by atoms with E-state index in [1.54, 1.807) is 9.47 Å². The number of H-pyrrole nitrogens is 1. The highest BCUT2D eigenvalue weighted by Crippen LogP contribution is 2.40. The lowest BCUT2D eigenvalue weighted by molar-refractivity contribution is -0.130. The number of likely N-dealkylation sites (tertiary alicyclic amines) is 1. The van der Waals surface area contributed by atoms with Gasteiger partial charge in [-0.15, -0.1) is 9.24 Å². The van der Waals surface area contributed by atoms with Crippen molar-refractivity contribution in [3.8, 4) is 0 Å². The molecule has 2 aromatic heterocycles. The first-order chi connectivity index (χ1) is 13.6. The molecule has 1 amide bonds. The van der Waals surface area contributed by atoms with E-state index >= 15 is 0 Å². The number of hydrogen-bond donors (Lipinski definition) is 5. The van der Waals surface area contributed by atoms with Crippen molar-refractivity contribution in [2.45, 2.75) is 24.4 Å². The van der Waals surface area contributed by atoms with Crippen molar-refractivity contribution in [1.82, 2.24) is 24.4 Å². The first-order valence-corrected chi connectivity index (χ1v) is 11.2. The van der Waals surface area contributed by atoms with Crippen LogP contribution in [0.15, 0.2) is 11.1 Å². The maximum Gasteiger partial charge on any atom is 0.356 e. The fourth-order valence-electron chi connectivity index (χ4n) is 3.17. The third-order valence-corrected chi connectivity index (χ3v) is 5.82. The van der Waals surface area contributed by atoms with Crippen LogP contribution in [0, 0.1) is 0 Å². The van der Waals surface area contributed by atoms with Crippen LogP contribution in [0.25, 0.3) is 11.2 Å². The van der Waals surface area contributed by atoms with Crippen LogP contribution in [-0.4, -0.2) is 83.0 Å². The van der Waals surface area contributed by atoms with Gasteiger partial charge in [0.1, 0.15) is 0 Å². The van der Waals surface area contributed by atoms with Crippen molar-refractivity contribution >= 4 is 39.9 Å². The van der Waals surface area contributed by atoms with Gasteiger partial charge in [0.2, 0.25) is 11.9 Å². The summed E-state index contributed by atoms with van der Waals surface area (Å²) in [6.07, 6.45) is 1.52. The van der Waals surface area contributed by atoms with E-state index in [-0.39, 0.29) is 36.1 Å². The molecular formula is C14H22N6O7P2. The third kappa shape index (κ3) is 4.66. The lowest BCUT2D eigenvalue weighted by Gasteiger charge is -2.22. The second-order valence-corrected chi connectivity index (χ2v) is 8.97. The van der Waals surface area contributed by atoms with Crippen LogP contribution in [-0.2, 0) is 14.1 Å². The number of carbonyl (C=O) groups excluding carboxylic acids is 1. The number of aromatic amines is 1. The Bertz CT molecular complexity index is 1000. The molecule has 1 unspecified atom stereocenters. The number of aromatic nitrogens is 4. The van der Waals surface area contributed by atoms with Crippen LogP contribution in [0.2, 0.25) is 0 Å². The molecule has 0 saturated carbocycles. The lowest BCUT2D eigenvalue weighted by atomic mass is 10.2. The quantitative estimate of drug-likeness (QED) is 0.302. The Morgan fingerprint density at radius 3 is 2.86 bits per heavy atom. The monoisotopic (exact) mass is 448 g/mol. The summed E-state index contributed by atoms with van der Waals surface area (Å²) in [6, 6.07) is -0.550. The first-order valence-electron chi connectivity index (χ1n) is 8.67. The highest BCUT2D eigenvalue weighted by atomic mass is 31.2. The number of nitrogens with two attached hydrogens (primary N) is 1. The minimum atomic E-state index is -4.74. The number of ether oxygens (including phenoxy) is 1. The molecule has 0 aromatic carbocycles. The molecule has 4 atom stereocenters. The number of nitrogens with one attached hydrogen (secondary N) is 1. The number of nitrogens with zero attached hydrogens (tertiary/aromatic N) is 4. The van der Waals surface area contributed by atoms with Gasteiger partial charge >= 0.3 is 7.60 Å². The molecule has 2 aromatic rings. The van der Waals surface area contributed by atoms with Crippen LogP contribution < -0.4 is 11.3 Å². The van der Waals surface area contributed by atoms with E-state index in [1.165, 1.54) is 6.33 Å². The van der Waals surface area contributed by atoms with Crippen LogP contribution in [0.4, 0.5) is 5.95 Å². The van der Waals surface area contributed by atoms with Crippen LogP contribution in [0.3, 0.4) is 0 Å². The predicted octanol–water partition coefficient (Wildman–Crippen LogP) is -1.77. The van der Waals surface area contributed by atoms with Crippen LogP contribution in [0.5, 0.6) is 0 Å². The Hall–Kier alpha value is -1.88. The summed E-state index contributed by atoms with van der Waals surface area (Å²) >= 11 is 0. The van der Waals surface area contributed by atoms with Gasteiger partial charge in [0.15, 0.2) is 17.0 Å². The number of rotatable bonds is 7. The van der Waals surface area contributed by atoms with Gasteiger partial charge in [0, 0.05) is 19.5 Å². The van der Waals surface area contributed by atoms with Crippen molar-refractivity contribution in [3.63, 3.8) is 0 Å². The molecule has 13 nitrogen and oxygen atoms in total. The van der Waals surface area contributed by atoms with E-state index in [9.17, 15) is 19.3 Å². The second kappa shape index (κ2) is 8.47. The van der Waals surface area contributed by atoms with Gasteiger partial charge in [-0.05, 0) is 6.16 Å². The van der Waals surface area contributed by atoms with E-state index in [0.29, 0.717) is 12.6 Å². The van der Waals surface area contributed by atoms with Crippen LogP contribution in [0.1, 0.15) is 12.5 Å². The summed E-state index contributed by atoms with van der Waals surface area (Å²) in [4.78, 5) is 54.5. The molecule has 3 rings (SSSR count). The Labute approximate surface area is 166 Å². The van der Waals surface area contributed by atoms with Gasteiger partial charge in [-0.1, -0.05) is 0 Å². The van der Waals surface area contributed by atoms with Crippen LogP contribution >= 0.6 is 16.8 Å². The number of hydrogen-bond acceptors (Lipinski definition) is 8. The summed E-state index contributed by atoms with van der Waals surface area (Å²) in [7, 11) is -2.27. The zero-order valence-corrected chi connectivity index (χ0v) is 17.3. The van der Waals surface area contributed by atoms with Gasteiger partial charge in [-0.3, -0.25) is 19.1 Å². The van der Waals surface area contributed by atoms with Crippen molar-refractivity contribution in [2.24, 2.45) is 0 Å². The third-order valence-electron chi connectivity index (χ3n) is 4.60. The molecule has 160 valence electrons. The van der Waals surface area contributed by atoms with Crippen molar-refractivity contribution in [3.05, 3.63) is 16.7 Å². The van der Waals surface area contributed by atoms with E-state index in [4.69, 9.17) is 20.3 Å². The Kier molecular flexibility index (Phi) is 6.37. The molecule has 0 radical (unpaired) electrons. The molecule has 6 N–H and O–H groups in total. The number of anilines is 1. The standard InChI is InChI=1S/C14H22N6O7P2/c15-14-17-12-11(13(23)18-14)16-6-20(12)7-3-19(9(21)1-2-28)4-8(7)27-5-10(22)29(24,25)26/h6-8,10,22H,1-5,28H2,(H2,24,25,26)(H3,15,17,18,23)/t7-,8-,10+/m1/s1. The lowest BCUT2D eigenvalue weighted by Crippen LogP contribution is -2.31. The number of aliphatic hydroxyl groups is 1. The molecule has 1 saturated heterocycles. The number of carbonyl (C=O) groups is 1. The Morgan fingerprint density at radius 2 is 2.21 bits per heavy atom. The zero-order valence-electron chi connectivity index (χ0n) is 15.2. The molecule has 1 aliphatic heterocycles. The van der Waals surface area contributed by atoms with Crippen molar-refractivity contribution < 1.29 is 29.0 Å². The Morgan fingerprint density at radius 1 is 1.48 bits per heavy atom. The zero-order chi connectivity index (χ0) is 21.3. The average molecular weight is 448 g/mol. The summed E-state index contributed by atoms with van der Waals surface area (Å²) in [5, 5.41) is 9.60. The smallest absolute Gasteiger partial charge is 0.356 e. The summed E-state index contributed by atoms with van der Waals surface area (Å²) in [6.45, 7) is -0.277. The van der Waals surface area contributed by atoms with E-state index in [2.05, 4.69) is 24.2 Å². The summed E-state index contributed by atoms with van der Waals surface area (Å²) in [5.74, 6) is -2.22. The minimum Gasteiger partial charge on any atom is -0.378 e. The highest BCUT2D eigenvalue weighted by molar-refractivity contribution is 7.52. The maximum atomic E-state index is 12.3.